The second-order valence-electron chi connectivity index (χ2n) is 7.10. The van der Waals surface area contributed by atoms with Gasteiger partial charge in [0.05, 0.1) is 0 Å². The molecule has 0 N–H and O–H groups in total. The van der Waals surface area contributed by atoms with Crippen molar-refractivity contribution < 1.29 is 13.2 Å². The number of amides is 1. The van der Waals surface area contributed by atoms with Gasteiger partial charge in [-0.3, -0.25) is 4.79 Å². The van der Waals surface area contributed by atoms with Gasteiger partial charge in [0.25, 0.3) is 10.0 Å². The van der Waals surface area contributed by atoms with Crippen LogP contribution in [0.3, 0.4) is 0 Å². The van der Waals surface area contributed by atoms with Crippen LogP contribution >= 0.6 is 11.3 Å². The van der Waals surface area contributed by atoms with E-state index in [1.807, 2.05) is 36.2 Å². The van der Waals surface area contributed by atoms with Crippen LogP contribution in [0.25, 0.3) is 0 Å². The standard InChI is InChI=1S/C19H23N3O3S2/c1-20-8-10-21(11-9-20)19(23)17-13-15-5-2-3-6-16(15)14-22(17)27(24,25)18-7-4-12-26-18/h2-7,12,17H,8-11,13-14H2,1H3. The molecule has 2 aromatic rings. The minimum Gasteiger partial charge on any atom is -0.339 e. The third-order valence-electron chi connectivity index (χ3n) is 5.36. The van der Waals surface area contributed by atoms with Gasteiger partial charge in [0, 0.05) is 32.7 Å². The molecule has 0 spiro atoms. The molecule has 144 valence electrons. The van der Waals surface area contributed by atoms with Crippen molar-refractivity contribution in [2.24, 2.45) is 0 Å². The highest BCUT2D eigenvalue weighted by molar-refractivity contribution is 7.91. The summed E-state index contributed by atoms with van der Waals surface area (Å²) in [6.45, 7) is 3.14. The van der Waals surface area contributed by atoms with Crippen molar-refractivity contribution in [3.8, 4) is 0 Å². The third-order valence-corrected chi connectivity index (χ3v) is 8.59. The molecule has 1 fully saturated rings. The summed E-state index contributed by atoms with van der Waals surface area (Å²) in [5.74, 6) is -0.0854. The van der Waals surface area contributed by atoms with Gasteiger partial charge in [-0.05, 0) is 36.0 Å². The SMILES string of the molecule is CN1CCN(C(=O)C2Cc3ccccc3CN2S(=O)(=O)c2cccs2)CC1. The number of rotatable bonds is 3. The highest BCUT2D eigenvalue weighted by Crippen LogP contribution is 2.31. The van der Waals surface area contributed by atoms with E-state index >= 15 is 0 Å². The summed E-state index contributed by atoms with van der Waals surface area (Å²) in [6, 6.07) is 10.5. The largest absolute Gasteiger partial charge is 0.339 e. The lowest BCUT2D eigenvalue weighted by atomic mass is 9.95. The Bertz CT molecular complexity index is 919. The van der Waals surface area contributed by atoms with E-state index < -0.39 is 16.1 Å². The molecule has 2 aliphatic rings. The van der Waals surface area contributed by atoms with Crippen molar-refractivity contribution in [3.05, 3.63) is 52.9 Å². The number of benzene rings is 1. The highest BCUT2D eigenvalue weighted by atomic mass is 32.2. The molecule has 0 aliphatic carbocycles. The fourth-order valence-electron chi connectivity index (χ4n) is 3.73. The predicted molar refractivity (Wildman–Crippen MR) is 105 cm³/mol. The maximum Gasteiger partial charge on any atom is 0.253 e. The molecular formula is C19H23N3O3S2. The van der Waals surface area contributed by atoms with Crippen LogP contribution in [0.15, 0.2) is 46.0 Å². The number of hydrogen-bond acceptors (Lipinski definition) is 5. The number of carbonyl (C=O) groups excluding carboxylic acids is 1. The van der Waals surface area contributed by atoms with Crippen molar-refractivity contribution in [3.63, 3.8) is 0 Å². The molecule has 27 heavy (non-hydrogen) atoms. The summed E-state index contributed by atoms with van der Waals surface area (Å²) in [4.78, 5) is 17.3. The number of sulfonamides is 1. The summed E-state index contributed by atoms with van der Waals surface area (Å²) < 4.78 is 28.2. The first-order chi connectivity index (χ1) is 13.0. The molecule has 1 aromatic heterocycles. The number of hydrogen-bond donors (Lipinski definition) is 0. The molecule has 1 saturated heterocycles. The van der Waals surface area contributed by atoms with E-state index in [1.165, 1.54) is 15.6 Å². The van der Waals surface area contributed by atoms with E-state index in [0.717, 1.165) is 24.2 Å². The Hall–Kier alpha value is -1.74. The fraction of sp³-hybridized carbons (Fsp3) is 0.421. The van der Waals surface area contributed by atoms with E-state index in [-0.39, 0.29) is 16.7 Å². The zero-order valence-electron chi connectivity index (χ0n) is 15.2. The summed E-state index contributed by atoms with van der Waals surface area (Å²) in [5.41, 5.74) is 2.03. The Kier molecular flexibility index (Phi) is 5.07. The van der Waals surface area contributed by atoms with Crippen LogP contribution < -0.4 is 0 Å². The number of likely N-dealkylation sites (N-methyl/N-ethyl adjacent to an activating group) is 1. The minimum absolute atomic E-state index is 0.0854. The van der Waals surface area contributed by atoms with Gasteiger partial charge in [0.1, 0.15) is 10.3 Å². The zero-order chi connectivity index (χ0) is 19.0. The molecule has 0 bridgehead atoms. The molecule has 8 heteroatoms. The molecule has 1 atom stereocenters. The van der Waals surface area contributed by atoms with Crippen LogP contribution in [-0.4, -0.2) is 67.7 Å². The first-order valence-electron chi connectivity index (χ1n) is 9.06. The van der Waals surface area contributed by atoms with Crippen LogP contribution in [0.5, 0.6) is 0 Å². The Morgan fingerprint density at radius 2 is 1.74 bits per heavy atom. The zero-order valence-corrected chi connectivity index (χ0v) is 16.9. The molecule has 1 amide bonds. The Morgan fingerprint density at radius 3 is 2.41 bits per heavy atom. The quantitative estimate of drug-likeness (QED) is 0.779. The normalized spacial score (nSPS) is 21.8. The number of piperazine rings is 1. The van der Waals surface area contributed by atoms with Gasteiger partial charge in [-0.2, -0.15) is 4.31 Å². The second-order valence-corrected chi connectivity index (χ2v) is 10.2. The Labute approximate surface area is 164 Å². The summed E-state index contributed by atoms with van der Waals surface area (Å²) in [6.07, 6.45) is 0.423. The first-order valence-corrected chi connectivity index (χ1v) is 11.4. The van der Waals surface area contributed by atoms with E-state index in [9.17, 15) is 13.2 Å². The van der Waals surface area contributed by atoms with E-state index in [2.05, 4.69) is 4.90 Å². The predicted octanol–water partition coefficient (Wildman–Crippen LogP) is 1.64. The van der Waals surface area contributed by atoms with Crippen molar-refractivity contribution in [2.45, 2.75) is 23.2 Å². The lowest BCUT2D eigenvalue weighted by molar-refractivity contribution is -0.137. The molecule has 1 aromatic carbocycles. The summed E-state index contributed by atoms with van der Waals surface area (Å²) in [5, 5.41) is 1.75. The minimum atomic E-state index is -3.71. The van der Waals surface area contributed by atoms with Gasteiger partial charge >= 0.3 is 0 Å². The van der Waals surface area contributed by atoms with Crippen LogP contribution in [0.1, 0.15) is 11.1 Å². The van der Waals surface area contributed by atoms with Crippen molar-refractivity contribution in [2.75, 3.05) is 33.2 Å². The topological polar surface area (TPSA) is 60.9 Å². The highest BCUT2D eigenvalue weighted by Gasteiger charge is 2.41. The maximum absolute atomic E-state index is 13.3. The molecular weight excluding hydrogens is 382 g/mol. The second kappa shape index (κ2) is 7.35. The summed E-state index contributed by atoms with van der Waals surface area (Å²) >= 11 is 1.19. The number of thiophene rings is 1. The van der Waals surface area contributed by atoms with Gasteiger partial charge in [0.15, 0.2) is 0 Å². The van der Waals surface area contributed by atoms with E-state index in [0.29, 0.717) is 19.5 Å². The maximum atomic E-state index is 13.3. The fourth-order valence-corrected chi connectivity index (χ4v) is 6.40. The van der Waals surface area contributed by atoms with Crippen LogP contribution in [-0.2, 0) is 27.8 Å². The Balaban J connectivity index is 1.69. The Morgan fingerprint density at radius 1 is 1.04 bits per heavy atom. The average Bonchev–Trinajstić information content (AvgIpc) is 3.23. The van der Waals surface area contributed by atoms with Crippen LogP contribution in [0.4, 0.5) is 0 Å². The number of carbonyl (C=O) groups is 1. The van der Waals surface area contributed by atoms with Gasteiger partial charge in [-0.15, -0.1) is 11.3 Å². The first kappa shape index (κ1) is 18.6. The van der Waals surface area contributed by atoms with Crippen LogP contribution in [0, 0.1) is 0 Å². The smallest absolute Gasteiger partial charge is 0.253 e. The van der Waals surface area contributed by atoms with Gasteiger partial charge < -0.3 is 9.80 Å². The lowest BCUT2D eigenvalue weighted by Gasteiger charge is -2.39. The average molecular weight is 406 g/mol. The third kappa shape index (κ3) is 3.54. The van der Waals surface area contributed by atoms with Crippen LogP contribution in [0.2, 0.25) is 0 Å². The molecule has 0 saturated carbocycles. The van der Waals surface area contributed by atoms with E-state index in [1.54, 1.807) is 17.5 Å². The number of nitrogens with zero attached hydrogens (tertiary/aromatic N) is 3. The van der Waals surface area contributed by atoms with Gasteiger partial charge in [-0.1, -0.05) is 30.3 Å². The molecule has 0 radical (unpaired) electrons. The van der Waals surface area contributed by atoms with Crippen molar-refractivity contribution in [1.29, 1.82) is 0 Å². The van der Waals surface area contributed by atoms with Gasteiger partial charge in [0.2, 0.25) is 5.91 Å². The summed E-state index contributed by atoms with van der Waals surface area (Å²) in [7, 11) is -1.68. The van der Waals surface area contributed by atoms with E-state index in [4.69, 9.17) is 0 Å². The monoisotopic (exact) mass is 405 g/mol. The molecule has 3 heterocycles. The molecule has 2 aliphatic heterocycles. The van der Waals surface area contributed by atoms with Crippen molar-refractivity contribution >= 4 is 27.3 Å². The molecule has 1 unspecified atom stereocenters. The molecule has 4 rings (SSSR count). The van der Waals surface area contributed by atoms with Crippen molar-refractivity contribution in [1.82, 2.24) is 14.1 Å². The number of fused-ring (bicyclic) bond motifs is 1. The van der Waals surface area contributed by atoms with Gasteiger partial charge in [-0.25, -0.2) is 8.42 Å². The lowest BCUT2D eigenvalue weighted by Crippen LogP contribution is -2.57. The molecule has 6 nitrogen and oxygen atoms in total.